The molecule has 6 heteroatoms. The van der Waals surface area contributed by atoms with Crippen molar-refractivity contribution in [3.8, 4) is 0 Å². The van der Waals surface area contributed by atoms with E-state index in [0.717, 1.165) is 79.5 Å². The zero-order valence-corrected chi connectivity index (χ0v) is 17.9. The van der Waals surface area contributed by atoms with Crippen molar-refractivity contribution < 1.29 is 0 Å². The molecule has 0 bridgehead atoms. The lowest BCUT2D eigenvalue weighted by Crippen LogP contribution is -2.33. The first-order valence-electron chi connectivity index (χ1n) is 10.7. The molecule has 0 spiro atoms. The van der Waals surface area contributed by atoms with Crippen molar-refractivity contribution in [1.82, 2.24) is 19.8 Å². The van der Waals surface area contributed by atoms with Gasteiger partial charge in [-0.2, -0.15) is 0 Å². The van der Waals surface area contributed by atoms with Gasteiger partial charge in [0.1, 0.15) is 5.82 Å². The number of aromatic nitrogens is 2. The van der Waals surface area contributed by atoms with Gasteiger partial charge in [-0.25, -0.2) is 4.99 Å². The Balaban J connectivity index is 1.73. The quantitative estimate of drug-likeness (QED) is 0.814. The van der Waals surface area contributed by atoms with Gasteiger partial charge in [0.25, 0.3) is 0 Å². The summed E-state index contributed by atoms with van der Waals surface area (Å²) in [4.78, 5) is 18.5. The third-order valence-corrected chi connectivity index (χ3v) is 5.69. The molecule has 2 aliphatic heterocycles. The number of pyridine rings is 2. The van der Waals surface area contributed by atoms with E-state index in [1.807, 2.05) is 31.5 Å². The first-order chi connectivity index (χ1) is 14.6. The number of hydrogen-bond donors (Lipinski definition) is 1. The van der Waals surface area contributed by atoms with Crippen molar-refractivity contribution in [2.45, 2.75) is 39.0 Å². The molecule has 0 amide bonds. The number of hydrogen-bond acceptors (Lipinski definition) is 6. The normalized spacial score (nSPS) is 17.5. The Hall–Kier alpha value is -3.15. The average molecular weight is 403 g/mol. The molecule has 1 N–H and O–H groups in total. The highest BCUT2D eigenvalue weighted by atomic mass is 15.3. The van der Waals surface area contributed by atoms with E-state index in [1.54, 1.807) is 6.20 Å². The van der Waals surface area contributed by atoms with Crippen LogP contribution in [-0.4, -0.2) is 45.6 Å². The summed E-state index contributed by atoms with van der Waals surface area (Å²) in [5.41, 5.74) is 5.44. The summed E-state index contributed by atoms with van der Waals surface area (Å²) >= 11 is 0. The molecule has 0 radical (unpaired) electrons. The lowest BCUT2D eigenvalue weighted by atomic mass is 10.1. The highest BCUT2D eigenvalue weighted by molar-refractivity contribution is 6.01. The Morgan fingerprint density at radius 3 is 2.70 bits per heavy atom. The Kier molecular flexibility index (Phi) is 6.12. The van der Waals surface area contributed by atoms with Gasteiger partial charge in [0.2, 0.25) is 0 Å². The zero-order chi connectivity index (χ0) is 20.9. The van der Waals surface area contributed by atoms with Gasteiger partial charge >= 0.3 is 0 Å². The van der Waals surface area contributed by atoms with Gasteiger partial charge in [0.15, 0.2) is 5.82 Å². The summed E-state index contributed by atoms with van der Waals surface area (Å²) in [6.45, 7) is 8.32. The lowest BCUT2D eigenvalue weighted by molar-refractivity contribution is 0.309. The van der Waals surface area contributed by atoms with E-state index in [1.165, 1.54) is 5.70 Å². The highest BCUT2D eigenvalue weighted by Gasteiger charge is 2.25. The van der Waals surface area contributed by atoms with Crippen LogP contribution >= 0.6 is 0 Å². The first-order valence-corrected chi connectivity index (χ1v) is 10.7. The van der Waals surface area contributed by atoms with Gasteiger partial charge in [0, 0.05) is 43.8 Å². The fourth-order valence-corrected chi connectivity index (χ4v) is 4.00. The minimum atomic E-state index is 0.831. The monoisotopic (exact) mass is 402 g/mol. The number of nitrogens with zero attached hydrogens (tertiary/aromatic N) is 5. The van der Waals surface area contributed by atoms with E-state index < -0.39 is 0 Å². The molecule has 30 heavy (non-hydrogen) atoms. The second kappa shape index (κ2) is 9.11. The molecule has 4 rings (SSSR count). The summed E-state index contributed by atoms with van der Waals surface area (Å²) in [6.07, 6.45) is 10.8. The maximum atomic E-state index is 5.22. The van der Waals surface area contributed by atoms with E-state index in [4.69, 9.17) is 4.99 Å². The van der Waals surface area contributed by atoms with Gasteiger partial charge in [-0.15, -0.1) is 0 Å². The molecule has 0 unspecified atom stereocenters. The van der Waals surface area contributed by atoms with Crippen LogP contribution in [0.4, 0.5) is 5.69 Å². The number of aliphatic imine (C=N–C) groups is 1. The first kappa shape index (κ1) is 20.1. The minimum absolute atomic E-state index is 0.831. The summed E-state index contributed by atoms with van der Waals surface area (Å²) < 4.78 is 0. The van der Waals surface area contributed by atoms with Crippen molar-refractivity contribution in [2.75, 3.05) is 25.5 Å². The second-order valence-electron chi connectivity index (χ2n) is 7.96. The Bertz CT molecular complexity index is 945. The third kappa shape index (κ3) is 4.53. The molecule has 0 atom stereocenters. The number of aryl methyl sites for hydroxylation is 1. The maximum absolute atomic E-state index is 5.22. The van der Waals surface area contributed by atoms with Crippen LogP contribution in [0.1, 0.15) is 43.4 Å². The molecule has 0 aromatic carbocycles. The standard InChI is InChI=1S/C24H30N6/c1-18-11-12-20(16-26-18)22-9-6-10-23-24(28-22)30(15-5-4-14-29(23)3)19(2)27-21-8-7-13-25-17-21/h7-8,11-13,16-17,27H,2,4-6,9-10,14-15H2,1,3H3. The molecule has 2 aromatic rings. The molecule has 2 aliphatic rings. The van der Waals surface area contributed by atoms with Crippen molar-refractivity contribution in [1.29, 1.82) is 0 Å². The van der Waals surface area contributed by atoms with Gasteiger partial charge in [-0.05, 0) is 63.3 Å². The summed E-state index contributed by atoms with van der Waals surface area (Å²) in [7, 11) is 2.18. The number of anilines is 1. The summed E-state index contributed by atoms with van der Waals surface area (Å²) in [6, 6.07) is 8.12. The van der Waals surface area contributed by atoms with Crippen LogP contribution in [0.25, 0.3) is 0 Å². The fraction of sp³-hybridized carbons (Fsp3) is 0.375. The zero-order valence-electron chi connectivity index (χ0n) is 17.9. The molecule has 0 fully saturated rings. The summed E-state index contributed by atoms with van der Waals surface area (Å²) in [5, 5.41) is 3.42. The van der Waals surface area contributed by atoms with E-state index in [9.17, 15) is 0 Å². The van der Waals surface area contributed by atoms with Crippen LogP contribution in [0.3, 0.4) is 0 Å². The summed E-state index contributed by atoms with van der Waals surface area (Å²) in [5.74, 6) is 1.84. The molecule has 156 valence electrons. The van der Waals surface area contributed by atoms with Gasteiger partial charge in [-0.3, -0.25) is 9.97 Å². The lowest BCUT2D eigenvalue weighted by Gasteiger charge is -2.34. The molecule has 0 saturated carbocycles. The van der Waals surface area contributed by atoms with E-state index in [2.05, 4.69) is 50.8 Å². The second-order valence-corrected chi connectivity index (χ2v) is 7.96. The highest BCUT2D eigenvalue weighted by Crippen LogP contribution is 2.30. The van der Waals surface area contributed by atoms with Gasteiger partial charge < -0.3 is 15.1 Å². The minimum Gasteiger partial charge on any atom is -0.375 e. The topological polar surface area (TPSA) is 56.7 Å². The van der Waals surface area contributed by atoms with Gasteiger partial charge in [0.05, 0.1) is 23.3 Å². The van der Waals surface area contributed by atoms with Crippen LogP contribution in [0.2, 0.25) is 0 Å². The third-order valence-electron chi connectivity index (χ3n) is 5.69. The molecule has 4 heterocycles. The fourth-order valence-electron chi connectivity index (χ4n) is 4.00. The molecular formula is C24H30N6. The van der Waals surface area contributed by atoms with Crippen molar-refractivity contribution >= 4 is 11.4 Å². The van der Waals surface area contributed by atoms with E-state index >= 15 is 0 Å². The van der Waals surface area contributed by atoms with Crippen molar-refractivity contribution in [2.24, 2.45) is 4.99 Å². The molecule has 0 saturated heterocycles. The van der Waals surface area contributed by atoms with Crippen LogP contribution in [-0.2, 0) is 0 Å². The van der Waals surface area contributed by atoms with Crippen LogP contribution in [0, 0.1) is 6.92 Å². The Morgan fingerprint density at radius 1 is 1.07 bits per heavy atom. The van der Waals surface area contributed by atoms with Gasteiger partial charge in [-0.1, -0.05) is 6.58 Å². The SMILES string of the molecule is C=C(Nc1cccnc1)N1CCCCN(C)C2=C1N=C(c1ccc(C)nc1)CCC2. The maximum Gasteiger partial charge on any atom is 0.153 e. The van der Waals surface area contributed by atoms with Crippen molar-refractivity contribution in [3.05, 3.63) is 78.0 Å². The molecular weight excluding hydrogens is 372 g/mol. The number of nitrogens with one attached hydrogen (secondary N) is 1. The number of allylic oxidation sites excluding steroid dienone is 1. The average Bonchev–Trinajstić information content (AvgIpc) is 2.96. The molecule has 2 aromatic heterocycles. The molecule has 6 nitrogen and oxygen atoms in total. The predicted octanol–water partition coefficient (Wildman–Crippen LogP) is 4.54. The van der Waals surface area contributed by atoms with E-state index in [0.29, 0.717) is 0 Å². The smallest absolute Gasteiger partial charge is 0.153 e. The largest absolute Gasteiger partial charge is 0.375 e. The van der Waals surface area contributed by atoms with Crippen molar-refractivity contribution in [3.63, 3.8) is 0 Å². The predicted molar refractivity (Wildman–Crippen MR) is 122 cm³/mol. The van der Waals surface area contributed by atoms with Crippen LogP contribution in [0.5, 0.6) is 0 Å². The number of rotatable bonds is 4. The Labute approximate surface area is 179 Å². The van der Waals surface area contributed by atoms with Crippen LogP contribution < -0.4 is 5.32 Å². The van der Waals surface area contributed by atoms with E-state index in [-0.39, 0.29) is 0 Å². The molecule has 0 aliphatic carbocycles. The Morgan fingerprint density at radius 2 is 1.93 bits per heavy atom. The van der Waals surface area contributed by atoms with Crippen LogP contribution in [0.15, 0.2) is 71.8 Å².